The maximum Gasteiger partial charge on any atom is 0.251 e. The van der Waals surface area contributed by atoms with Gasteiger partial charge in [0.2, 0.25) is 11.7 Å². The summed E-state index contributed by atoms with van der Waals surface area (Å²) in [5.74, 6) is 1.20. The van der Waals surface area contributed by atoms with E-state index in [2.05, 4.69) is 32.6 Å². The standard InChI is InChI=1S/C21H22N4O2/c1-3-16-12-15(9-10-22-16)21(26)23-18-8-6-13-11-14(5-7-17(13)18)20-24-19(4-2)27-25-20/h5,7,9-12,18H,3-4,6,8H2,1-2H3,(H,23,26). The van der Waals surface area contributed by atoms with Gasteiger partial charge in [-0.2, -0.15) is 4.98 Å². The van der Waals surface area contributed by atoms with E-state index in [9.17, 15) is 4.79 Å². The number of hydrogen-bond acceptors (Lipinski definition) is 5. The maximum atomic E-state index is 12.6. The van der Waals surface area contributed by atoms with E-state index in [-0.39, 0.29) is 11.9 Å². The molecule has 1 atom stereocenters. The topological polar surface area (TPSA) is 80.9 Å². The molecule has 0 saturated carbocycles. The van der Waals surface area contributed by atoms with E-state index >= 15 is 0 Å². The molecule has 1 unspecified atom stereocenters. The Labute approximate surface area is 158 Å². The van der Waals surface area contributed by atoms with Crippen molar-refractivity contribution in [3.8, 4) is 11.4 Å². The van der Waals surface area contributed by atoms with Gasteiger partial charge < -0.3 is 9.84 Å². The van der Waals surface area contributed by atoms with Crippen LogP contribution in [-0.4, -0.2) is 21.0 Å². The molecular formula is C21H22N4O2. The Kier molecular flexibility index (Phi) is 4.71. The molecule has 0 bridgehead atoms. The highest BCUT2D eigenvalue weighted by Crippen LogP contribution is 2.34. The van der Waals surface area contributed by atoms with Crippen molar-refractivity contribution in [2.75, 3.05) is 0 Å². The third-order valence-corrected chi connectivity index (χ3v) is 5.00. The third-order valence-electron chi connectivity index (χ3n) is 5.00. The van der Waals surface area contributed by atoms with Gasteiger partial charge in [-0.15, -0.1) is 0 Å². The number of carbonyl (C=O) groups excluding carboxylic acids is 1. The van der Waals surface area contributed by atoms with Gasteiger partial charge in [0.15, 0.2) is 0 Å². The van der Waals surface area contributed by atoms with Crippen LogP contribution < -0.4 is 5.32 Å². The van der Waals surface area contributed by atoms with Gasteiger partial charge in [0.25, 0.3) is 5.91 Å². The minimum Gasteiger partial charge on any atom is -0.345 e. The van der Waals surface area contributed by atoms with Crippen LogP contribution in [0, 0.1) is 0 Å². The van der Waals surface area contributed by atoms with Crippen LogP contribution >= 0.6 is 0 Å². The molecule has 1 N–H and O–H groups in total. The van der Waals surface area contributed by atoms with Crippen molar-refractivity contribution in [1.29, 1.82) is 0 Å². The molecule has 27 heavy (non-hydrogen) atoms. The lowest BCUT2D eigenvalue weighted by atomic mass is 10.0. The Morgan fingerprint density at radius 1 is 1.22 bits per heavy atom. The van der Waals surface area contributed by atoms with E-state index in [1.807, 2.05) is 26.0 Å². The zero-order chi connectivity index (χ0) is 18.8. The number of pyridine rings is 1. The first-order valence-corrected chi connectivity index (χ1v) is 9.39. The summed E-state index contributed by atoms with van der Waals surface area (Å²) in [5.41, 5.74) is 4.92. The average Bonchev–Trinajstić information content (AvgIpc) is 3.35. The minimum atomic E-state index is -0.0558. The number of aryl methyl sites for hydroxylation is 3. The van der Waals surface area contributed by atoms with Crippen LogP contribution in [0.15, 0.2) is 41.1 Å². The molecule has 0 aliphatic heterocycles. The minimum absolute atomic E-state index is 0.0243. The van der Waals surface area contributed by atoms with Crippen LogP contribution in [0.5, 0.6) is 0 Å². The number of hydrogen-bond donors (Lipinski definition) is 1. The summed E-state index contributed by atoms with van der Waals surface area (Å²) in [5, 5.41) is 7.20. The molecule has 2 heterocycles. The number of nitrogens with zero attached hydrogens (tertiary/aromatic N) is 3. The van der Waals surface area contributed by atoms with E-state index in [4.69, 9.17) is 4.52 Å². The maximum absolute atomic E-state index is 12.6. The predicted octanol–water partition coefficient (Wildman–Crippen LogP) is 3.67. The van der Waals surface area contributed by atoms with Crippen molar-refractivity contribution >= 4 is 5.91 Å². The molecule has 138 valence electrons. The molecule has 3 aromatic rings. The van der Waals surface area contributed by atoms with E-state index in [1.165, 1.54) is 5.56 Å². The van der Waals surface area contributed by atoms with Gasteiger partial charge in [0.05, 0.1) is 6.04 Å². The lowest BCUT2D eigenvalue weighted by Crippen LogP contribution is -2.27. The Balaban J connectivity index is 1.52. The first-order chi connectivity index (χ1) is 13.2. The van der Waals surface area contributed by atoms with Crippen molar-refractivity contribution in [3.05, 3.63) is 64.8 Å². The summed E-state index contributed by atoms with van der Waals surface area (Å²) in [7, 11) is 0. The first kappa shape index (κ1) is 17.4. The summed E-state index contributed by atoms with van der Waals surface area (Å²) in [6.07, 6.45) is 5.04. The van der Waals surface area contributed by atoms with Crippen LogP contribution in [0.25, 0.3) is 11.4 Å². The second-order valence-electron chi connectivity index (χ2n) is 6.73. The molecule has 2 aromatic heterocycles. The Morgan fingerprint density at radius 3 is 2.89 bits per heavy atom. The predicted molar refractivity (Wildman–Crippen MR) is 101 cm³/mol. The van der Waals surface area contributed by atoms with Crippen molar-refractivity contribution in [2.24, 2.45) is 0 Å². The molecule has 4 rings (SSSR count). The molecule has 6 heteroatoms. The molecular weight excluding hydrogens is 340 g/mol. The fraction of sp³-hybridized carbons (Fsp3) is 0.333. The van der Waals surface area contributed by atoms with Crippen molar-refractivity contribution in [2.45, 2.75) is 45.6 Å². The van der Waals surface area contributed by atoms with E-state index < -0.39 is 0 Å². The van der Waals surface area contributed by atoms with Gasteiger partial charge in [-0.05, 0) is 48.6 Å². The van der Waals surface area contributed by atoms with E-state index in [0.717, 1.165) is 42.5 Å². The largest absolute Gasteiger partial charge is 0.345 e. The molecule has 1 aromatic carbocycles. The summed E-state index contributed by atoms with van der Waals surface area (Å²) in [4.78, 5) is 21.3. The Morgan fingerprint density at radius 2 is 2.11 bits per heavy atom. The van der Waals surface area contributed by atoms with E-state index in [0.29, 0.717) is 17.3 Å². The van der Waals surface area contributed by atoms with Crippen LogP contribution in [0.2, 0.25) is 0 Å². The zero-order valence-corrected chi connectivity index (χ0v) is 15.5. The van der Waals surface area contributed by atoms with Crippen LogP contribution in [-0.2, 0) is 19.3 Å². The van der Waals surface area contributed by atoms with E-state index in [1.54, 1.807) is 12.3 Å². The molecule has 0 radical (unpaired) electrons. The summed E-state index contributed by atoms with van der Waals surface area (Å²) >= 11 is 0. The summed E-state index contributed by atoms with van der Waals surface area (Å²) < 4.78 is 5.21. The quantitative estimate of drug-likeness (QED) is 0.749. The summed E-state index contributed by atoms with van der Waals surface area (Å²) in [6, 6.07) is 9.80. The molecule has 1 aliphatic rings. The van der Waals surface area contributed by atoms with Crippen molar-refractivity contribution in [3.63, 3.8) is 0 Å². The fourth-order valence-electron chi connectivity index (χ4n) is 3.48. The van der Waals surface area contributed by atoms with Crippen LogP contribution in [0.3, 0.4) is 0 Å². The number of rotatable bonds is 5. The van der Waals surface area contributed by atoms with Gasteiger partial charge in [-0.25, -0.2) is 0 Å². The number of benzene rings is 1. The Bertz CT molecular complexity index is 980. The van der Waals surface area contributed by atoms with Crippen molar-refractivity contribution in [1.82, 2.24) is 20.4 Å². The molecule has 0 spiro atoms. The lowest BCUT2D eigenvalue weighted by Gasteiger charge is -2.14. The van der Waals surface area contributed by atoms with Gasteiger partial charge in [0.1, 0.15) is 0 Å². The highest BCUT2D eigenvalue weighted by molar-refractivity contribution is 5.94. The van der Waals surface area contributed by atoms with Gasteiger partial charge in [-0.3, -0.25) is 9.78 Å². The van der Waals surface area contributed by atoms with Gasteiger partial charge in [0, 0.05) is 29.4 Å². The highest BCUT2D eigenvalue weighted by atomic mass is 16.5. The zero-order valence-electron chi connectivity index (χ0n) is 15.5. The molecule has 1 amide bonds. The summed E-state index contributed by atoms with van der Waals surface area (Å²) in [6.45, 7) is 4.02. The second kappa shape index (κ2) is 7.31. The fourth-order valence-corrected chi connectivity index (χ4v) is 3.48. The number of amides is 1. The molecule has 6 nitrogen and oxygen atoms in total. The number of aromatic nitrogens is 3. The number of fused-ring (bicyclic) bond motifs is 1. The Hall–Kier alpha value is -3.02. The van der Waals surface area contributed by atoms with Gasteiger partial charge >= 0.3 is 0 Å². The normalized spacial score (nSPS) is 15.6. The second-order valence-corrected chi connectivity index (χ2v) is 6.73. The van der Waals surface area contributed by atoms with Crippen LogP contribution in [0.4, 0.5) is 0 Å². The molecule has 0 saturated heterocycles. The van der Waals surface area contributed by atoms with Gasteiger partial charge in [-0.1, -0.05) is 31.1 Å². The number of carbonyl (C=O) groups is 1. The molecule has 0 fully saturated rings. The van der Waals surface area contributed by atoms with Crippen molar-refractivity contribution < 1.29 is 9.32 Å². The highest BCUT2D eigenvalue weighted by Gasteiger charge is 2.25. The lowest BCUT2D eigenvalue weighted by molar-refractivity contribution is 0.0936. The molecule has 1 aliphatic carbocycles. The third kappa shape index (κ3) is 3.47. The SMILES string of the molecule is CCc1cc(C(=O)NC2CCc3cc(-c4noc(CC)n4)ccc32)ccn1. The van der Waals surface area contributed by atoms with Crippen LogP contribution in [0.1, 0.15) is 59.4 Å². The average molecular weight is 362 g/mol. The monoisotopic (exact) mass is 362 g/mol. The number of nitrogens with one attached hydrogen (secondary N) is 1. The smallest absolute Gasteiger partial charge is 0.251 e. The first-order valence-electron chi connectivity index (χ1n) is 9.39.